The lowest BCUT2D eigenvalue weighted by Gasteiger charge is -2.04. The van der Waals surface area contributed by atoms with Gasteiger partial charge in [-0.05, 0) is 38.1 Å². The summed E-state index contributed by atoms with van der Waals surface area (Å²) in [4.78, 5) is 12.5. The molecule has 0 aliphatic rings. The Bertz CT molecular complexity index is 850. The Balaban J connectivity index is 2.01. The molecule has 3 aromatic rings. The number of amides is 1. The number of hydrogen-bond donors (Lipinski definition) is 1. The second-order valence-corrected chi connectivity index (χ2v) is 5.56. The van der Waals surface area contributed by atoms with Gasteiger partial charge in [0.05, 0.1) is 13.1 Å². The first-order valence-electron chi connectivity index (χ1n) is 8.04. The molecule has 0 radical (unpaired) electrons. The number of nitrogens with zero attached hydrogens (tertiary/aromatic N) is 2. The molecule has 0 spiro atoms. The number of carbonyl (C=O) groups excluding carboxylic acids is 1. The van der Waals surface area contributed by atoms with Crippen LogP contribution in [0.4, 0.5) is 5.69 Å². The van der Waals surface area contributed by atoms with Crippen molar-refractivity contribution in [2.75, 3.05) is 5.32 Å². The predicted molar refractivity (Wildman–Crippen MR) is 92.6 cm³/mol. The monoisotopic (exact) mass is 308 g/mol. The molecule has 2 aromatic carbocycles. The number of aromatic nitrogens is 2. The third-order valence-electron chi connectivity index (χ3n) is 4.26. The molecule has 0 saturated carbocycles. The van der Waals surface area contributed by atoms with Gasteiger partial charge < -0.3 is 5.32 Å². The summed E-state index contributed by atoms with van der Waals surface area (Å²) in [5.74, 6) is 1.13. The first kappa shape index (κ1) is 15.3. The zero-order valence-corrected chi connectivity index (χ0v) is 13.8. The van der Waals surface area contributed by atoms with E-state index in [0.29, 0.717) is 5.56 Å². The molecular weight excluding hydrogens is 286 g/mol. The normalized spacial score (nSPS) is 10.9. The molecule has 4 heteroatoms. The highest BCUT2D eigenvalue weighted by Gasteiger charge is 2.20. The van der Waals surface area contributed by atoms with Crippen molar-refractivity contribution in [2.24, 2.45) is 0 Å². The van der Waals surface area contributed by atoms with Crippen LogP contribution in [0.1, 0.15) is 30.0 Å². The molecular formula is C19H22N3O+. The lowest BCUT2D eigenvalue weighted by molar-refractivity contribution is -0.674. The lowest BCUT2D eigenvalue weighted by Crippen LogP contribution is -2.35. The molecule has 0 aliphatic carbocycles. The van der Waals surface area contributed by atoms with Crippen LogP contribution in [0.3, 0.4) is 0 Å². The predicted octanol–water partition coefficient (Wildman–Crippen LogP) is 3.53. The van der Waals surface area contributed by atoms with Crippen LogP contribution in [0.25, 0.3) is 11.0 Å². The van der Waals surface area contributed by atoms with E-state index in [1.807, 2.05) is 48.5 Å². The highest BCUT2D eigenvalue weighted by Crippen LogP contribution is 2.18. The van der Waals surface area contributed by atoms with Crippen molar-refractivity contribution in [2.45, 2.75) is 33.9 Å². The minimum Gasteiger partial charge on any atom is -0.322 e. The Labute approximate surface area is 136 Å². The van der Waals surface area contributed by atoms with Crippen LogP contribution in [0, 0.1) is 6.92 Å². The molecule has 118 valence electrons. The van der Waals surface area contributed by atoms with Gasteiger partial charge in [0.1, 0.15) is 0 Å². The largest absolute Gasteiger partial charge is 0.322 e. The van der Waals surface area contributed by atoms with Crippen LogP contribution >= 0.6 is 0 Å². The zero-order chi connectivity index (χ0) is 16.4. The van der Waals surface area contributed by atoms with E-state index >= 15 is 0 Å². The number of anilines is 1. The van der Waals surface area contributed by atoms with E-state index in [9.17, 15) is 4.79 Å². The second kappa shape index (κ2) is 6.24. The smallest absolute Gasteiger partial charge is 0.255 e. The molecule has 0 unspecified atom stereocenters. The summed E-state index contributed by atoms with van der Waals surface area (Å²) >= 11 is 0. The number of nitrogens with one attached hydrogen (secondary N) is 1. The maximum atomic E-state index is 12.5. The molecule has 1 N–H and O–H groups in total. The van der Waals surface area contributed by atoms with Crippen LogP contribution in [-0.2, 0) is 13.1 Å². The van der Waals surface area contributed by atoms with Crippen molar-refractivity contribution >= 4 is 22.6 Å². The molecule has 0 atom stereocenters. The van der Waals surface area contributed by atoms with Crippen LogP contribution in [0.2, 0.25) is 0 Å². The van der Waals surface area contributed by atoms with Gasteiger partial charge in [0.25, 0.3) is 11.7 Å². The molecule has 0 fully saturated rings. The Kier molecular flexibility index (Phi) is 4.15. The van der Waals surface area contributed by atoms with Gasteiger partial charge in [-0.25, -0.2) is 9.13 Å². The maximum absolute atomic E-state index is 12.5. The van der Waals surface area contributed by atoms with E-state index in [4.69, 9.17) is 0 Å². The second-order valence-electron chi connectivity index (χ2n) is 5.56. The van der Waals surface area contributed by atoms with Gasteiger partial charge in [-0.2, -0.15) is 0 Å². The van der Waals surface area contributed by atoms with E-state index in [1.54, 1.807) is 0 Å². The Morgan fingerprint density at radius 1 is 1.13 bits per heavy atom. The number of rotatable bonds is 4. The van der Waals surface area contributed by atoms with Crippen molar-refractivity contribution in [3.63, 3.8) is 0 Å². The van der Waals surface area contributed by atoms with Crippen molar-refractivity contribution < 1.29 is 9.36 Å². The fraction of sp³-hybridized carbons (Fsp3) is 0.263. The number of imidazole rings is 1. The number of hydrogen-bond acceptors (Lipinski definition) is 1. The summed E-state index contributed by atoms with van der Waals surface area (Å²) in [6, 6.07) is 15.5. The van der Waals surface area contributed by atoms with E-state index in [-0.39, 0.29) is 5.91 Å². The van der Waals surface area contributed by atoms with Crippen molar-refractivity contribution in [1.29, 1.82) is 0 Å². The number of fused-ring (bicyclic) bond motifs is 1. The standard InChI is InChI=1S/C19H21N3O/c1-4-21-14(3)22(5-2)18-13-15(11-12-17(18)21)19(23)20-16-9-7-6-8-10-16/h6-13H,4-5H2,1-3H3/p+1. The minimum absolute atomic E-state index is 0.0809. The van der Waals surface area contributed by atoms with Crippen molar-refractivity contribution in [3.8, 4) is 0 Å². The summed E-state index contributed by atoms with van der Waals surface area (Å²) in [5.41, 5.74) is 3.76. The van der Waals surface area contributed by atoms with E-state index in [0.717, 1.165) is 24.3 Å². The maximum Gasteiger partial charge on any atom is 0.255 e. The van der Waals surface area contributed by atoms with Gasteiger partial charge in [-0.15, -0.1) is 0 Å². The topological polar surface area (TPSA) is 37.9 Å². The Hall–Kier alpha value is -2.62. The average Bonchev–Trinajstić information content (AvgIpc) is 2.85. The average molecular weight is 308 g/mol. The van der Waals surface area contributed by atoms with Crippen LogP contribution < -0.4 is 9.88 Å². The molecule has 4 nitrogen and oxygen atoms in total. The van der Waals surface area contributed by atoms with E-state index < -0.39 is 0 Å². The molecule has 1 heterocycles. The van der Waals surface area contributed by atoms with Gasteiger partial charge in [-0.3, -0.25) is 4.79 Å². The fourth-order valence-electron chi connectivity index (χ4n) is 3.13. The van der Waals surface area contributed by atoms with Gasteiger partial charge in [0.2, 0.25) is 0 Å². The molecule has 3 rings (SSSR count). The molecule has 0 bridgehead atoms. The molecule has 0 saturated heterocycles. The van der Waals surface area contributed by atoms with Gasteiger partial charge in [0, 0.05) is 24.2 Å². The third-order valence-corrected chi connectivity index (χ3v) is 4.26. The van der Waals surface area contributed by atoms with Gasteiger partial charge in [0.15, 0.2) is 11.0 Å². The minimum atomic E-state index is -0.0809. The van der Waals surface area contributed by atoms with Crippen molar-refractivity contribution in [1.82, 2.24) is 4.57 Å². The summed E-state index contributed by atoms with van der Waals surface area (Å²) in [6.07, 6.45) is 0. The molecule has 1 amide bonds. The van der Waals surface area contributed by atoms with Gasteiger partial charge >= 0.3 is 0 Å². The number of aryl methyl sites for hydroxylation is 2. The molecule has 23 heavy (non-hydrogen) atoms. The highest BCUT2D eigenvalue weighted by atomic mass is 16.1. The Morgan fingerprint density at radius 3 is 2.52 bits per heavy atom. The van der Waals surface area contributed by atoms with Crippen LogP contribution in [0.15, 0.2) is 48.5 Å². The van der Waals surface area contributed by atoms with E-state index in [2.05, 4.69) is 35.2 Å². The summed E-state index contributed by atoms with van der Waals surface area (Å²) in [6.45, 7) is 8.20. The number of benzene rings is 2. The van der Waals surface area contributed by atoms with Crippen LogP contribution in [-0.4, -0.2) is 10.5 Å². The van der Waals surface area contributed by atoms with Gasteiger partial charge in [-0.1, -0.05) is 18.2 Å². The molecule has 0 aliphatic heterocycles. The number of para-hydroxylation sites is 1. The van der Waals surface area contributed by atoms with Crippen molar-refractivity contribution in [3.05, 3.63) is 59.9 Å². The summed E-state index contributed by atoms with van der Waals surface area (Å²) < 4.78 is 4.52. The first-order chi connectivity index (χ1) is 11.2. The summed E-state index contributed by atoms with van der Waals surface area (Å²) in [7, 11) is 0. The Morgan fingerprint density at radius 2 is 1.87 bits per heavy atom. The SMILES string of the molecule is CCn1c(C)[n+](CC)c2ccc(C(=O)Nc3ccccc3)cc21. The highest BCUT2D eigenvalue weighted by molar-refractivity contribution is 6.05. The van der Waals surface area contributed by atoms with E-state index in [1.165, 1.54) is 11.3 Å². The lowest BCUT2D eigenvalue weighted by atomic mass is 10.1. The van der Waals surface area contributed by atoms with Crippen LogP contribution in [0.5, 0.6) is 0 Å². The third kappa shape index (κ3) is 2.72. The fourth-order valence-corrected chi connectivity index (χ4v) is 3.13. The zero-order valence-electron chi connectivity index (χ0n) is 13.8. The first-order valence-corrected chi connectivity index (χ1v) is 8.04. The quantitative estimate of drug-likeness (QED) is 0.736. The summed E-state index contributed by atoms with van der Waals surface area (Å²) in [5, 5.41) is 2.94. The number of carbonyl (C=O) groups is 1. The molecule has 1 aromatic heterocycles.